The minimum absolute atomic E-state index is 0.0394. The number of hydrogen-bond donors (Lipinski definition) is 2. The van der Waals surface area contributed by atoms with Crippen molar-refractivity contribution in [1.82, 2.24) is 5.32 Å². The second-order valence-electron chi connectivity index (χ2n) is 5.35. The first-order chi connectivity index (χ1) is 12.5. The summed E-state index contributed by atoms with van der Waals surface area (Å²) in [6.07, 6.45) is -0.960. The van der Waals surface area contributed by atoms with Crippen molar-refractivity contribution in [2.24, 2.45) is 0 Å². The summed E-state index contributed by atoms with van der Waals surface area (Å²) in [7, 11) is 0. The van der Waals surface area contributed by atoms with Crippen molar-refractivity contribution < 1.29 is 32.2 Å². The largest absolute Gasteiger partial charge is 0.485 e. The lowest BCUT2D eigenvalue weighted by atomic mass is 10.2. The fraction of sp³-hybridized carbons (Fsp3) is 0.176. The molecule has 6 nitrogen and oxygen atoms in total. The monoisotopic (exact) mass is 366 g/mol. The molecule has 9 heteroatoms. The highest BCUT2D eigenvalue weighted by Crippen LogP contribution is 2.30. The summed E-state index contributed by atoms with van der Waals surface area (Å²) >= 11 is 0. The van der Waals surface area contributed by atoms with E-state index in [0.717, 1.165) is 6.07 Å². The average Bonchev–Trinajstić information content (AvgIpc) is 2.66. The molecular weight excluding hydrogens is 353 g/mol. The van der Waals surface area contributed by atoms with Crippen LogP contribution in [-0.4, -0.2) is 31.1 Å². The smallest absolute Gasteiger partial charge is 0.265 e. The van der Waals surface area contributed by atoms with Crippen molar-refractivity contribution in [3.8, 4) is 11.5 Å². The zero-order chi connectivity index (χ0) is 18.7. The van der Waals surface area contributed by atoms with Gasteiger partial charge in [0, 0.05) is 0 Å². The van der Waals surface area contributed by atoms with E-state index in [1.807, 2.05) is 5.32 Å². The highest BCUT2D eigenvalue weighted by atomic mass is 19.2. The fourth-order valence-electron chi connectivity index (χ4n) is 2.25. The van der Waals surface area contributed by atoms with Gasteiger partial charge in [-0.15, -0.1) is 0 Å². The third-order valence-corrected chi connectivity index (χ3v) is 3.53. The molecule has 0 saturated carbocycles. The zero-order valence-corrected chi connectivity index (χ0v) is 13.2. The van der Waals surface area contributed by atoms with Gasteiger partial charge in [0.2, 0.25) is 12.0 Å². The number of rotatable bonds is 4. The number of hydrogen-bond acceptors (Lipinski definition) is 4. The van der Waals surface area contributed by atoms with Crippen LogP contribution < -0.4 is 20.1 Å². The van der Waals surface area contributed by atoms with Crippen LogP contribution in [0.1, 0.15) is 0 Å². The van der Waals surface area contributed by atoms with E-state index >= 15 is 0 Å². The SMILES string of the molecule is O=C(CNC(=O)[C@@H]1COc2ccccc2O1)Nc1ccc(F)c(F)c1F. The highest BCUT2D eigenvalue weighted by molar-refractivity contribution is 5.95. The normalized spacial score (nSPS) is 15.3. The molecule has 0 unspecified atom stereocenters. The first-order valence-corrected chi connectivity index (χ1v) is 7.55. The molecule has 0 saturated heterocycles. The van der Waals surface area contributed by atoms with Crippen molar-refractivity contribution in [2.75, 3.05) is 18.5 Å². The zero-order valence-electron chi connectivity index (χ0n) is 13.2. The Bertz CT molecular complexity index is 860. The molecule has 1 atom stereocenters. The molecule has 0 fully saturated rings. The number of ether oxygens (including phenoxy) is 2. The van der Waals surface area contributed by atoms with E-state index in [0.29, 0.717) is 17.6 Å². The minimum atomic E-state index is -1.70. The van der Waals surface area contributed by atoms with E-state index in [2.05, 4.69) is 5.32 Å². The summed E-state index contributed by atoms with van der Waals surface area (Å²) in [5.74, 6) is -5.12. The molecule has 26 heavy (non-hydrogen) atoms. The van der Waals surface area contributed by atoms with Gasteiger partial charge in [-0.05, 0) is 24.3 Å². The maximum atomic E-state index is 13.5. The topological polar surface area (TPSA) is 76.7 Å². The lowest BCUT2D eigenvalue weighted by molar-refractivity contribution is -0.131. The van der Waals surface area contributed by atoms with E-state index in [9.17, 15) is 22.8 Å². The van der Waals surface area contributed by atoms with Crippen LogP contribution in [0.25, 0.3) is 0 Å². The lowest BCUT2D eigenvalue weighted by Gasteiger charge is -2.25. The van der Waals surface area contributed by atoms with E-state index in [1.54, 1.807) is 24.3 Å². The van der Waals surface area contributed by atoms with Crippen molar-refractivity contribution in [3.63, 3.8) is 0 Å². The second-order valence-corrected chi connectivity index (χ2v) is 5.35. The molecule has 2 aromatic rings. The molecule has 2 aromatic carbocycles. The van der Waals surface area contributed by atoms with Crippen molar-refractivity contribution in [3.05, 3.63) is 53.8 Å². The number of amides is 2. The standard InChI is InChI=1S/C17H13F3N2O4/c18-9-5-6-10(16(20)15(9)19)22-14(23)7-21-17(24)13-8-25-11-3-1-2-4-12(11)26-13/h1-6,13H,7-8H2,(H,21,24)(H,22,23)/t13-/m0/s1. The third kappa shape index (κ3) is 3.71. The highest BCUT2D eigenvalue weighted by Gasteiger charge is 2.27. The van der Waals surface area contributed by atoms with E-state index in [4.69, 9.17) is 9.47 Å². The molecule has 2 N–H and O–H groups in total. The van der Waals surface area contributed by atoms with Gasteiger partial charge in [0.05, 0.1) is 12.2 Å². The summed E-state index contributed by atoms with van der Waals surface area (Å²) < 4.78 is 50.3. The van der Waals surface area contributed by atoms with Crippen LogP contribution in [-0.2, 0) is 9.59 Å². The molecule has 136 valence electrons. The molecular formula is C17H13F3N2O4. The summed E-state index contributed by atoms with van der Waals surface area (Å²) in [4.78, 5) is 23.8. The number of halogens is 3. The first kappa shape index (κ1) is 17.6. The molecule has 3 rings (SSSR count). The van der Waals surface area contributed by atoms with E-state index in [-0.39, 0.29) is 6.61 Å². The predicted molar refractivity (Wildman–Crippen MR) is 84.3 cm³/mol. The molecule has 1 aliphatic heterocycles. The van der Waals surface area contributed by atoms with Crippen LogP contribution in [0, 0.1) is 17.5 Å². The number of carbonyl (C=O) groups is 2. The average molecular weight is 366 g/mol. The van der Waals surface area contributed by atoms with Crippen LogP contribution in [0.5, 0.6) is 11.5 Å². The van der Waals surface area contributed by atoms with E-state index < -0.39 is 47.6 Å². The summed E-state index contributed by atoms with van der Waals surface area (Å²) in [6.45, 7) is -0.555. The molecule has 1 heterocycles. The van der Waals surface area contributed by atoms with Crippen LogP contribution in [0.2, 0.25) is 0 Å². The van der Waals surface area contributed by atoms with Crippen molar-refractivity contribution in [2.45, 2.75) is 6.10 Å². The number of nitrogens with one attached hydrogen (secondary N) is 2. The molecule has 1 aliphatic rings. The third-order valence-electron chi connectivity index (χ3n) is 3.53. The quantitative estimate of drug-likeness (QED) is 0.812. The molecule has 0 aromatic heterocycles. The minimum Gasteiger partial charge on any atom is -0.485 e. The predicted octanol–water partition coefficient (Wildman–Crippen LogP) is 2.00. The van der Waals surface area contributed by atoms with Gasteiger partial charge in [-0.1, -0.05) is 12.1 Å². The van der Waals surface area contributed by atoms with Gasteiger partial charge < -0.3 is 20.1 Å². The summed E-state index contributed by atoms with van der Waals surface area (Å²) in [5, 5.41) is 4.35. The van der Waals surface area contributed by atoms with Crippen LogP contribution in [0.15, 0.2) is 36.4 Å². The van der Waals surface area contributed by atoms with Gasteiger partial charge in [0.15, 0.2) is 29.0 Å². The van der Waals surface area contributed by atoms with Gasteiger partial charge in [0.25, 0.3) is 5.91 Å². The lowest BCUT2D eigenvalue weighted by Crippen LogP contribution is -2.46. The summed E-state index contributed by atoms with van der Waals surface area (Å²) in [6, 6.07) is 8.34. The Hall–Kier alpha value is -3.23. The van der Waals surface area contributed by atoms with Crippen LogP contribution in [0.4, 0.5) is 18.9 Å². The number of anilines is 1. The summed E-state index contributed by atoms with van der Waals surface area (Å²) in [5.41, 5.74) is -0.533. The van der Waals surface area contributed by atoms with Gasteiger partial charge in [-0.2, -0.15) is 0 Å². The second kappa shape index (κ2) is 7.34. The number of carbonyl (C=O) groups excluding carboxylic acids is 2. The van der Waals surface area contributed by atoms with Gasteiger partial charge in [-0.25, -0.2) is 13.2 Å². The molecule has 2 amide bonds. The number of benzene rings is 2. The Balaban J connectivity index is 1.54. The molecule has 0 radical (unpaired) electrons. The maximum Gasteiger partial charge on any atom is 0.265 e. The fourth-order valence-corrected chi connectivity index (χ4v) is 2.25. The van der Waals surface area contributed by atoms with Crippen molar-refractivity contribution >= 4 is 17.5 Å². The Morgan fingerprint density at radius 3 is 2.54 bits per heavy atom. The molecule has 0 bridgehead atoms. The number of para-hydroxylation sites is 2. The Morgan fingerprint density at radius 2 is 1.77 bits per heavy atom. The molecule has 0 spiro atoms. The first-order valence-electron chi connectivity index (χ1n) is 7.55. The number of fused-ring (bicyclic) bond motifs is 1. The Kier molecular flexibility index (Phi) is 4.97. The van der Waals surface area contributed by atoms with Crippen LogP contribution in [0.3, 0.4) is 0 Å². The van der Waals surface area contributed by atoms with Gasteiger partial charge in [0.1, 0.15) is 6.61 Å². The van der Waals surface area contributed by atoms with E-state index in [1.165, 1.54) is 0 Å². The molecule has 0 aliphatic carbocycles. The Labute approximate surface area is 145 Å². The van der Waals surface area contributed by atoms with Gasteiger partial charge >= 0.3 is 0 Å². The van der Waals surface area contributed by atoms with Crippen LogP contribution >= 0.6 is 0 Å². The van der Waals surface area contributed by atoms with Crippen molar-refractivity contribution in [1.29, 1.82) is 0 Å². The van der Waals surface area contributed by atoms with Gasteiger partial charge in [-0.3, -0.25) is 9.59 Å². The maximum absolute atomic E-state index is 13.5. The Morgan fingerprint density at radius 1 is 1.04 bits per heavy atom.